The number of aromatic nitrogens is 3. The summed E-state index contributed by atoms with van der Waals surface area (Å²) in [5.74, 6) is 0.367. The number of halogens is 1. The van der Waals surface area contributed by atoms with E-state index in [1.807, 2.05) is 53.4 Å². The van der Waals surface area contributed by atoms with Crippen LogP contribution >= 0.6 is 22.9 Å². The fourth-order valence-corrected chi connectivity index (χ4v) is 5.14. The number of benzene rings is 2. The van der Waals surface area contributed by atoms with Crippen LogP contribution in [0.2, 0.25) is 5.02 Å². The second kappa shape index (κ2) is 8.72. The fraction of sp³-hybridized carbons (Fsp3) is 0.217. The average molecular weight is 466 g/mol. The van der Waals surface area contributed by atoms with Crippen LogP contribution < -0.4 is 15.8 Å². The van der Waals surface area contributed by atoms with E-state index in [-0.39, 0.29) is 23.0 Å². The van der Waals surface area contributed by atoms with Crippen LogP contribution in [0.3, 0.4) is 0 Å². The van der Waals surface area contributed by atoms with Crippen molar-refractivity contribution in [1.29, 1.82) is 0 Å². The van der Waals surface area contributed by atoms with E-state index in [4.69, 9.17) is 11.6 Å². The lowest BCUT2D eigenvalue weighted by Crippen LogP contribution is -2.43. The molecule has 2 N–H and O–H groups in total. The lowest BCUT2D eigenvalue weighted by Gasteiger charge is -2.23. The summed E-state index contributed by atoms with van der Waals surface area (Å²) < 4.78 is 0. The number of anilines is 1. The Morgan fingerprint density at radius 1 is 1.16 bits per heavy atom. The Morgan fingerprint density at radius 2 is 1.94 bits per heavy atom. The molecule has 1 atom stereocenters. The van der Waals surface area contributed by atoms with Gasteiger partial charge in [-0.1, -0.05) is 65.4 Å². The van der Waals surface area contributed by atoms with Gasteiger partial charge in [-0.25, -0.2) is 9.97 Å². The number of thiazole rings is 1. The van der Waals surface area contributed by atoms with Gasteiger partial charge in [0.25, 0.3) is 5.56 Å². The summed E-state index contributed by atoms with van der Waals surface area (Å²) in [6.07, 6.45) is 1.62. The zero-order valence-electron chi connectivity index (χ0n) is 17.0. The van der Waals surface area contributed by atoms with E-state index in [9.17, 15) is 9.59 Å². The Kier molecular flexibility index (Phi) is 5.63. The lowest BCUT2D eigenvalue weighted by atomic mass is 10.2. The van der Waals surface area contributed by atoms with Crippen molar-refractivity contribution >= 4 is 44.3 Å². The fourth-order valence-electron chi connectivity index (χ4n) is 3.90. The summed E-state index contributed by atoms with van der Waals surface area (Å²) in [4.78, 5) is 40.0. The van der Waals surface area contributed by atoms with Crippen LogP contribution in [-0.2, 0) is 11.3 Å². The smallest absolute Gasteiger partial charge is 0.278 e. The first-order chi connectivity index (χ1) is 15.6. The van der Waals surface area contributed by atoms with Crippen LogP contribution in [0.4, 0.5) is 5.13 Å². The average Bonchev–Trinajstić information content (AvgIpc) is 3.46. The summed E-state index contributed by atoms with van der Waals surface area (Å²) in [5.41, 5.74) is 1.66. The van der Waals surface area contributed by atoms with Gasteiger partial charge in [0.2, 0.25) is 5.91 Å². The molecule has 1 aliphatic heterocycles. The number of hydrogen-bond acceptors (Lipinski definition) is 6. The minimum absolute atomic E-state index is 0.0377. The molecule has 5 rings (SSSR count). The topological polar surface area (TPSA) is 91.0 Å². The molecule has 32 heavy (non-hydrogen) atoms. The Morgan fingerprint density at radius 3 is 2.75 bits per heavy atom. The van der Waals surface area contributed by atoms with Crippen molar-refractivity contribution in [2.45, 2.75) is 25.4 Å². The molecule has 2 aromatic heterocycles. The van der Waals surface area contributed by atoms with Gasteiger partial charge in [0.05, 0.1) is 5.02 Å². The molecular formula is C23H20ClN5O2S. The highest BCUT2D eigenvalue weighted by Crippen LogP contribution is 2.33. The summed E-state index contributed by atoms with van der Waals surface area (Å²) in [5, 5.41) is 4.16. The second-order valence-corrected chi connectivity index (χ2v) is 8.96. The highest BCUT2D eigenvalue weighted by atomic mass is 35.5. The molecule has 162 valence electrons. The molecule has 7 nitrogen and oxygen atoms in total. The Balaban J connectivity index is 1.41. The third-order valence-corrected chi connectivity index (χ3v) is 6.81. The van der Waals surface area contributed by atoms with Crippen molar-refractivity contribution in [2.75, 3.05) is 11.4 Å². The van der Waals surface area contributed by atoms with Gasteiger partial charge < -0.3 is 15.2 Å². The summed E-state index contributed by atoms with van der Waals surface area (Å²) in [6, 6.07) is 16.7. The number of aromatic amines is 1. The van der Waals surface area contributed by atoms with E-state index in [1.165, 1.54) is 11.3 Å². The third-order valence-electron chi connectivity index (χ3n) is 5.50. The molecule has 0 radical (unpaired) electrons. The first kappa shape index (κ1) is 20.7. The van der Waals surface area contributed by atoms with Gasteiger partial charge >= 0.3 is 0 Å². The Labute approximate surface area is 193 Å². The van der Waals surface area contributed by atoms with Crippen molar-refractivity contribution in [2.24, 2.45) is 0 Å². The van der Waals surface area contributed by atoms with Crippen molar-refractivity contribution in [3.8, 4) is 11.4 Å². The quantitative estimate of drug-likeness (QED) is 0.465. The summed E-state index contributed by atoms with van der Waals surface area (Å²) in [6.45, 7) is 1.19. The zero-order chi connectivity index (χ0) is 22.1. The van der Waals surface area contributed by atoms with Crippen molar-refractivity contribution in [3.05, 3.63) is 75.5 Å². The van der Waals surface area contributed by atoms with E-state index in [1.54, 1.807) is 6.07 Å². The first-order valence-electron chi connectivity index (χ1n) is 10.3. The number of nitrogens with one attached hydrogen (secondary N) is 2. The van der Waals surface area contributed by atoms with Crippen LogP contribution in [0.5, 0.6) is 0 Å². The largest absolute Gasteiger partial charge is 0.350 e. The molecule has 0 aliphatic carbocycles. The molecule has 1 saturated heterocycles. The highest BCUT2D eigenvalue weighted by Gasteiger charge is 2.33. The van der Waals surface area contributed by atoms with Crippen LogP contribution in [0.25, 0.3) is 21.7 Å². The molecule has 1 amide bonds. The lowest BCUT2D eigenvalue weighted by molar-refractivity contribution is -0.122. The number of nitrogens with zero attached hydrogens (tertiary/aromatic N) is 3. The van der Waals surface area contributed by atoms with Gasteiger partial charge in [0.15, 0.2) is 15.5 Å². The second-order valence-electron chi connectivity index (χ2n) is 7.60. The summed E-state index contributed by atoms with van der Waals surface area (Å²) >= 11 is 7.59. The minimum Gasteiger partial charge on any atom is -0.350 e. The van der Waals surface area contributed by atoms with E-state index in [0.717, 1.165) is 18.4 Å². The normalized spacial score (nSPS) is 15.9. The minimum atomic E-state index is -0.323. The molecule has 2 aromatic carbocycles. The number of hydrogen-bond donors (Lipinski definition) is 2. The van der Waals surface area contributed by atoms with Gasteiger partial charge in [0, 0.05) is 18.7 Å². The number of H-pyrrole nitrogens is 1. The molecule has 0 saturated carbocycles. The third kappa shape index (κ3) is 3.99. The standard InChI is InChI=1S/C23H20ClN5O2S/c24-16-10-5-4-9-15(16)19-27-21(31)18-22(28-19)32-23(26-18)29-12-6-11-17(29)20(30)25-13-14-7-2-1-3-8-14/h1-5,7-10,17H,6,11-13H2,(H,25,30)(H,27,28,31). The molecule has 4 aromatic rings. The number of fused-ring (bicyclic) bond motifs is 1. The monoisotopic (exact) mass is 465 g/mol. The van der Waals surface area contributed by atoms with Crippen LogP contribution in [0.15, 0.2) is 59.4 Å². The van der Waals surface area contributed by atoms with Gasteiger partial charge in [-0.05, 0) is 30.5 Å². The number of amides is 1. The number of rotatable bonds is 5. The molecular weight excluding hydrogens is 446 g/mol. The molecule has 0 bridgehead atoms. The number of carbonyl (C=O) groups is 1. The van der Waals surface area contributed by atoms with E-state index >= 15 is 0 Å². The van der Waals surface area contributed by atoms with Crippen LogP contribution in [0.1, 0.15) is 18.4 Å². The predicted molar refractivity (Wildman–Crippen MR) is 127 cm³/mol. The Hall–Kier alpha value is -3.23. The molecule has 9 heteroatoms. The maximum Gasteiger partial charge on any atom is 0.278 e. The SMILES string of the molecule is O=C(NCc1ccccc1)C1CCCN1c1nc2c(=O)[nH]c(-c3ccccc3Cl)nc2s1. The number of carbonyl (C=O) groups excluding carboxylic acids is 1. The zero-order valence-corrected chi connectivity index (χ0v) is 18.6. The molecule has 3 heterocycles. The molecule has 0 spiro atoms. The maximum atomic E-state index is 12.9. The summed E-state index contributed by atoms with van der Waals surface area (Å²) in [7, 11) is 0. The molecule has 1 fully saturated rings. The van der Waals surface area contributed by atoms with Gasteiger partial charge in [-0.2, -0.15) is 0 Å². The molecule has 1 aliphatic rings. The highest BCUT2D eigenvalue weighted by molar-refractivity contribution is 7.21. The maximum absolute atomic E-state index is 12.9. The van der Waals surface area contributed by atoms with Crippen molar-refractivity contribution in [1.82, 2.24) is 20.3 Å². The van der Waals surface area contributed by atoms with Gasteiger partial charge in [0.1, 0.15) is 11.9 Å². The van der Waals surface area contributed by atoms with Crippen LogP contribution in [0, 0.1) is 0 Å². The van der Waals surface area contributed by atoms with E-state index in [2.05, 4.69) is 20.3 Å². The van der Waals surface area contributed by atoms with Crippen molar-refractivity contribution < 1.29 is 4.79 Å². The van der Waals surface area contributed by atoms with Gasteiger partial charge in [-0.15, -0.1) is 0 Å². The first-order valence-corrected chi connectivity index (χ1v) is 11.5. The molecule has 1 unspecified atom stereocenters. The van der Waals surface area contributed by atoms with E-state index < -0.39 is 0 Å². The van der Waals surface area contributed by atoms with E-state index in [0.29, 0.717) is 39.5 Å². The Bertz CT molecular complexity index is 1340. The van der Waals surface area contributed by atoms with Crippen molar-refractivity contribution in [3.63, 3.8) is 0 Å². The predicted octanol–water partition coefficient (Wildman–Crippen LogP) is 3.99. The van der Waals surface area contributed by atoms with Crippen LogP contribution in [-0.4, -0.2) is 33.4 Å². The van der Waals surface area contributed by atoms with Gasteiger partial charge in [-0.3, -0.25) is 9.59 Å².